The van der Waals surface area contributed by atoms with Crippen LogP contribution in [0.3, 0.4) is 0 Å². The third-order valence-electron chi connectivity index (χ3n) is 3.27. The fourth-order valence-corrected chi connectivity index (χ4v) is 2.01. The molecule has 1 amide bonds. The summed E-state index contributed by atoms with van der Waals surface area (Å²) in [5.41, 5.74) is 0.827. The molecular formula is C15H19NO4. The van der Waals surface area contributed by atoms with Crippen molar-refractivity contribution >= 4 is 12.0 Å². The van der Waals surface area contributed by atoms with E-state index in [1.54, 1.807) is 50.5 Å². The number of nitrogens with zero attached hydrogens (tertiary/aromatic N) is 1. The van der Waals surface area contributed by atoms with E-state index in [0.717, 1.165) is 25.1 Å². The van der Waals surface area contributed by atoms with Crippen molar-refractivity contribution in [1.82, 2.24) is 4.90 Å². The Morgan fingerprint density at radius 3 is 2.10 bits per heavy atom. The second-order valence-corrected chi connectivity index (χ2v) is 4.47. The third kappa shape index (κ3) is 2.87. The van der Waals surface area contributed by atoms with Crippen LogP contribution in [0, 0.1) is 0 Å². The van der Waals surface area contributed by atoms with Gasteiger partial charge in [0.1, 0.15) is 0 Å². The molecule has 0 unspecified atom stereocenters. The normalized spacial score (nSPS) is 14.1. The van der Waals surface area contributed by atoms with E-state index in [1.165, 1.54) is 0 Å². The molecule has 1 aliphatic heterocycles. The van der Waals surface area contributed by atoms with Gasteiger partial charge < -0.3 is 19.1 Å². The predicted molar refractivity (Wildman–Crippen MR) is 76.3 cm³/mol. The molecule has 0 radical (unpaired) electrons. The summed E-state index contributed by atoms with van der Waals surface area (Å²) >= 11 is 0. The van der Waals surface area contributed by atoms with Gasteiger partial charge in [0, 0.05) is 19.2 Å². The Bertz CT molecular complexity index is 496. The van der Waals surface area contributed by atoms with Crippen LogP contribution < -0.4 is 14.2 Å². The smallest absolute Gasteiger partial charge is 0.246 e. The monoisotopic (exact) mass is 277 g/mol. The summed E-state index contributed by atoms with van der Waals surface area (Å²) in [5, 5.41) is 0. The second-order valence-electron chi connectivity index (χ2n) is 4.47. The van der Waals surface area contributed by atoms with Crippen molar-refractivity contribution in [3.63, 3.8) is 0 Å². The summed E-state index contributed by atoms with van der Waals surface area (Å²) in [7, 11) is 4.69. The lowest BCUT2D eigenvalue weighted by Gasteiger charge is -2.29. The molecule has 108 valence electrons. The molecule has 0 spiro atoms. The average Bonchev–Trinajstić information content (AvgIpc) is 2.41. The zero-order chi connectivity index (χ0) is 14.5. The zero-order valence-electron chi connectivity index (χ0n) is 12.0. The van der Waals surface area contributed by atoms with Crippen LogP contribution in [0.15, 0.2) is 18.2 Å². The number of amides is 1. The molecule has 0 bridgehead atoms. The predicted octanol–water partition coefficient (Wildman–Crippen LogP) is 1.96. The van der Waals surface area contributed by atoms with E-state index in [1.807, 2.05) is 0 Å². The lowest BCUT2D eigenvalue weighted by Crippen LogP contribution is -2.40. The maximum Gasteiger partial charge on any atom is 0.246 e. The van der Waals surface area contributed by atoms with Gasteiger partial charge in [0.05, 0.1) is 21.3 Å². The van der Waals surface area contributed by atoms with Crippen LogP contribution in [0.5, 0.6) is 17.2 Å². The van der Waals surface area contributed by atoms with Crippen molar-refractivity contribution in [2.24, 2.45) is 0 Å². The Morgan fingerprint density at radius 2 is 1.70 bits per heavy atom. The minimum absolute atomic E-state index is 0.0324. The van der Waals surface area contributed by atoms with Crippen LogP contribution in [0.4, 0.5) is 0 Å². The first-order chi connectivity index (χ1) is 9.69. The quantitative estimate of drug-likeness (QED) is 0.772. The van der Waals surface area contributed by atoms with Gasteiger partial charge in [-0.25, -0.2) is 0 Å². The molecule has 0 N–H and O–H groups in total. The number of benzene rings is 1. The number of ether oxygens (including phenoxy) is 3. The van der Waals surface area contributed by atoms with Gasteiger partial charge in [-0.1, -0.05) is 0 Å². The molecular weight excluding hydrogens is 258 g/mol. The molecule has 1 heterocycles. The van der Waals surface area contributed by atoms with E-state index in [0.29, 0.717) is 17.2 Å². The van der Waals surface area contributed by atoms with Crippen molar-refractivity contribution in [3.8, 4) is 17.2 Å². The van der Waals surface area contributed by atoms with Crippen LogP contribution in [0.1, 0.15) is 12.0 Å². The Labute approximate surface area is 118 Å². The van der Waals surface area contributed by atoms with Gasteiger partial charge in [0.15, 0.2) is 11.5 Å². The van der Waals surface area contributed by atoms with Crippen molar-refractivity contribution in [3.05, 3.63) is 23.8 Å². The summed E-state index contributed by atoms with van der Waals surface area (Å²) in [6.07, 6.45) is 4.41. The van der Waals surface area contributed by atoms with E-state index in [2.05, 4.69) is 0 Å². The summed E-state index contributed by atoms with van der Waals surface area (Å²) in [4.78, 5) is 13.6. The van der Waals surface area contributed by atoms with Crippen molar-refractivity contribution in [2.45, 2.75) is 6.42 Å². The van der Waals surface area contributed by atoms with Crippen molar-refractivity contribution in [1.29, 1.82) is 0 Å². The van der Waals surface area contributed by atoms with Crippen LogP contribution in [-0.2, 0) is 4.79 Å². The maximum absolute atomic E-state index is 11.8. The first kappa shape index (κ1) is 14.2. The molecule has 1 aliphatic rings. The van der Waals surface area contributed by atoms with Gasteiger partial charge >= 0.3 is 0 Å². The van der Waals surface area contributed by atoms with Crippen molar-refractivity contribution in [2.75, 3.05) is 34.4 Å². The van der Waals surface area contributed by atoms with Gasteiger partial charge in [-0.2, -0.15) is 0 Å². The summed E-state index contributed by atoms with van der Waals surface area (Å²) in [5.74, 6) is 1.72. The second kappa shape index (κ2) is 6.32. The van der Waals surface area contributed by atoms with Crippen LogP contribution in [-0.4, -0.2) is 45.2 Å². The molecule has 5 heteroatoms. The minimum Gasteiger partial charge on any atom is -0.493 e. The summed E-state index contributed by atoms with van der Waals surface area (Å²) < 4.78 is 15.8. The van der Waals surface area contributed by atoms with E-state index in [9.17, 15) is 4.79 Å². The fraction of sp³-hybridized carbons (Fsp3) is 0.400. The number of likely N-dealkylation sites (tertiary alicyclic amines) is 1. The molecule has 1 saturated heterocycles. The molecule has 0 atom stereocenters. The zero-order valence-corrected chi connectivity index (χ0v) is 12.0. The number of hydrogen-bond donors (Lipinski definition) is 0. The molecule has 0 aliphatic carbocycles. The Kier molecular flexibility index (Phi) is 4.50. The standard InChI is InChI=1S/C15H19NO4/c1-18-12-9-11(10-13(19-2)15(12)20-3)5-6-14(17)16-7-4-8-16/h5-6,9-10H,4,7-8H2,1-3H3/b6-5+. The van der Waals surface area contributed by atoms with Gasteiger partial charge in [-0.3, -0.25) is 4.79 Å². The first-order valence-corrected chi connectivity index (χ1v) is 6.46. The molecule has 0 saturated carbocycles. The number of rotatable bonds is 5. The molecule has 20 heavy (non-hydrogen) atoms. The molecule has 5 nitrogen and oxygen atoms in total. The highest BCUT2D eigenvalue weighted by molar-refractivity contribution is 5.92. The number of methoxy groups -OCH3 is 3. The van der Waals surface area contributed by atoms with Crippen LogP contribution >= 0.6 is 0 Å². The lowest BCUT2D eigenvalue weighted by atomic mass is 10.1. The van der Waals surface area contributed by atoms with E-state index < -0.39 is 0 Å². The fourth-order valence-electron chi connectivity index (χ4n) is 2.01. The molecule has 1 aromatic carbocycles. The molecule has 1 aromatic rings. The highest BCUT2D eigenvalue weighted by Gasteiger charge is 2.17. The Balaban J connectivity index is 2.22. The number of hydrogen-bond acceptors (Lipinski definition) is 4. The number of carbonyl (C=O) groups excluding carboxylic acids is 1. The van der Waals surface area contributed by atoms with Crippen LogP contribution in [0.2, 0.25) is 0 Å². The molecule has 2 rings (SSSR count). The van der Waals surface area contributed by atoms with E-state index in [4.69, 9.17) is 14.2 Å². The van der Waals surface area contributed by atoms with Gasteiger partial charge in [-0.15, -0.1) is 0 Å². The Morgan fingerprint density at radius 1 is 1.10 bits per heavy atom. The average molecular weight is 277 g/mol. The third-order valence-corrected chi connectivity index (χ3v) is 3.27. The van der Waals surface area contributed by atoms with Gasteiger partial charge in [0.2, 0.25) is 11.7 Å². The highest BCUT2D eigenvalue weighted by Crippen LogP contribution is 2.38. The topological polar surface area (TPSA) is 48.0 Å². The Hall–Kier alpha value is -2.17. The highest BCUT2D eigenvalue weighted by atomic mass is 16.5. The molecule has 0 aromatic heterocycles. The SMILES string of the molecule is COc1cc(/C=C/C(=O)N2CCC2)cc(OC)c1OC. The minimum atomic E-state index is 0.0324. The molecule has 1 fully saturated rings. The maximum atomic E-state index is 11.8. The van der Waals surface area contributed by atoms with Gasteiger partial charge in [0.25, 0.3) is 0 Å². The first-order valence-electron chi connectivity index (χ1n) is 6.46. The lowest BCUT2D eigenvalue weighted by molar-refractivity contribution is -0.129. The van der Waals surface area contributed by atoms with E-state index in [-0.39, 0.29) is 5.91 Å². The largest absolute Gasteiger partial charge is 0.493 e. The summed E-state index contributed by atoms with van der Waals surface area (Å²) in [6.45, 7) is 1.69. The summed E-state index contributed by atoms with van der Waals surface area (Å²) in [6, 6.07) is 3.61. The van der Waals surface area contributed by atoms with Crippen molar-refractivity contribution < 1.29 is 19.0 Å². The van der Waals surface area contributed by atoms with E-state index >= 15 is 0 Å². The van der Waals surface area contributed by atoms with Crippen LogP contribution in [0.25, 0.3) is 6.08 Å². The van der Waals surface area contributed by atoms with Gasteiger partial charge in [-0.05, 0) is 30.2 Å². The number of carbonyl (C=O) groups is 1.